The quantitative estimate of drug-likeness (QED) is 0.813. The maximum absolute atomic E-state index is 12.4. The Balaban J connectivity index is 2.02. The summed E-state index contributed by atoms with van der Waals surface area (Å²) in [4.78, 5) is 12.4. The molecule has 1 aliphatic carbocycles. The lowest BCUT2D eigenvalue weighted by Gasteiger charge is -2.22. The molecule has 0 saturated heterocycles. The number of carbonyl (C=O) groups is 1. The van der Waals surface area contributed by atoms with Gasteiger partial charge < -0.3 is 11.1 Å². The van der Waals surface area contributed by atoms with Gasteiger partial charge >= 0.3 is 0 Å². The summed E-state index contributed by atoms with van der Waals surface area (Å²) in [6.07, 6.45) is 5.31. The maximum atomic E-state index is 12.4. The molecule has 0 bridgehead atoms. The molecule has 1 fully saturated rings. The first-order valence-electron chi connectivity index (χ1n) is 8.05. The standard InChI is InChI=1S/C18H28N2O/c1-18(2,3)13-9-11-14(12-10-13)20-17(21)15-7-5-4-6-8-16(15)19/h9-12,15-16H,4-8,19H2,1-3H3,(H,20,21). The number of amides is 1. The molecule has 1 aromatic carbocycles. The van der Waals surface area contributed by atoms with E-state index in [1.54, 1.807) is 0 Å². The Morgan fingerprint density at radius 1 is 1.10 bits per heavy atom. The summed E-state index contributed by atoms with van der Waals surface area (Å²) in [5, 5.41) is 3.03. The maximum Gasteiger partial charge on any atom is 0.229 e. The van der Waals surface area contributed by atoms with Crippen LogP contribution >= 0.6 is 0 Å². The number of nitrogens with one attached hydrogen (secondary N) is 1. The first-order chi connectivity index (χ1) is 9.88. The molecule has 0 radical (unpaired) electrons. The van der Waals surface area contributed by atoms with Crippen LogP contribution in [0.25, 0.3) is 0 Å². The highest BCUT2D eigenvalue weighted by Crippen LogP contribution is 2.26. The van der Waals surface area contributed by atoms with Crippen LogP contribution in [0.15, 0.2) is 24.3 Å². The fourth-order valence-electron chi connectivity index (χ4n) is 2.95. The van der Waals surface area contributed by atoms with Gasteiger partial charge in [0.15, 0.2) is 0 Å². The molecule has 2 rings (SSSR count). The van der Waals surface area contributed by atoms with Crippen molar-refractivity contribution in [2.45, 2.75) is 64.3 Å². The Kier molecular flexibility index (Phi) is 5.04. The zero-order valence-electron chi connectivity index (χ0n) is 13.5. The second-order valence-corrected chi connectivity index (χ2v) is 7.22. The Labute approximate surface area is 128 Å². The summed E-state index contributed by atoms with van der Waals surface area (Å²) in [5.41, 5.74) is 8.42. The zero-order chi connectivity index (χ0) is 15.5. The van der Waals surface area contributed by atoms with Gasteiger partial charge in [0.05, 0.1) is 5.92 Å². The minimum atomic E-state index is -0.0465. The molecule has 2 atom stereocenters. The third kappa shape index (κ3) is 4.31. The fourth-order valence-corrected chi connectivity index (χ4v) is 2.95. The Bertz CT molecular complexity index is 473. The van der Waals surface area contributed by atoms with E-state index in [0.717, 1.165) is 31.4 Å². The summed E-state index contributed by atoms with van der Waals surface area (Å²) in [6.45, 7) is 6.56. The lowest BCUT2D eigenvalue weighted by Crippen LogP contribution is -2.37. The van der Waals surface area contributed by atoms with E-state index in [0.29, 0.717) is 0 Å². The van der Waals surface area contributed by atoms with Gasteiger partial charge in [-0.3, -0.25) is 4.79 Å². The molecule has 3 heteroatoms. The van der Waals surface area contributed by atoms with E-state index >= 15 is 0 Å². The molecule has 116 valence electrons. The third-order valence-electron chi connectivity index (χ3n) is 4.42. The lowest BCUT2D eigenvalue weighted by atomic mass is 9.87. The first-order valence-corrected chi connectivity index (χ1v) is 8.05. The van der Waals surface area contributed by atoms with Crippen molar-refractivity contribution in [2.24, 2.45) is 11.7 Å². The van der Waals surface area contributed by atoms with Crippen LogP contribution in [-0.4, -0.2) is 11.9 Å². The molecule has 21 heavy (non-hydrogen) atoms. The van der Waals surface area contributed by atoms with E-state index in [1.165, 1.54) is 12.0 Å². The number of nitrogens with two attached hydrogens (primary N) is 1. The van der Waals surface area contributed by atoms with E-state index in [9.17, 15) is 4.79 Å². The van der Waals surface area contributed by atoms with Crippen molar-refractivity contribution in [3.63, 3.8) is 0 Å². The molecule has 1 saturated carbocycles. The summed E-state index contributed by atoms with van der Waals surface area (Å²) >= 11 is 0. The number of hydrogen-bond donors (Lipinski definition) is 2. The summed E-state index contributed by atoms with van der Waals surface area (Å²) < 4.78 is 0. The van der Waals surface area contributed by atoms with Crippen LogP contribution in [0.4, 0.5) is 5.69 Å². The van der Waals surface area contributed by atoms with Crippen LogP contribution < -0.4 is 11.1 Å². The van der Waals surface area contributed by atoms with Crippen molar-refractivity contribution in [2.75, 3.05) is 5.32 Å². The summed E-state index contributed by atoms with van der Waals surface area (Å²) in [6, 6.07) is 8.15. The normalized spacial score (nSPS) is 23.4. The van der Waals surface area contributed by atoms with Crippen LogP contribution in [0.3, 0.4) is 0 Å². The van der Waals surface area contributed by atoms with Crippen molar-refractivity contribution in [3.8, 4) is 0 Å². The summed E-state index contributed by atoms with van der Waals surface area (Å²) in [7, 11) is 0. The first kappa shape index (κ1) is 16.0. The molecular weight excluding hydrogens is 260 g/mol. The number of rotatable bonds is 2. The molecular formula is C18H28N2O. The van der Waals surface area contributed by atoms with Crippen LogP contribution in [-0.2, 0) is 10.2 Å². The molecule has 0 aliphatic heterocycles. The molecule has 3 N–H and O–H groups in total. The van der Waals surface area contributed by atoms with Gasteiger partial charge in [-0.2, -0.15) is 0 Å². The molecule has 3 nitrogen and oxygen atoms in total. The van der Waals surface area contributed by atoms with Gasteiger partial charge in [-0.25, -0.2) is 0 Å². The molecule has 0 heterocycles. The van der Waals surface area contributed by atoms with Crippen molar-refractivity contribution in [3.05, 3.63) is 29.8 Å². The van der Waals surface area contributed by atoms with Gasteiger partial charge in [-0.05, 0) is 36.0 Å². The van der Waals surface area contributed by atoms with Crippen molar-refractivity contribution < 1.29 is 4.79 Å². The van der Waals surface area contributed by atoms with Gasteiger partial charge in [0.25, 0.3) is 0 Å². The Morgan fingerprint density at radius 3 is 2.33 bits per heavy atom. The molecule has 0 aromatic heterocycles. The second-order valence-electron chi connectivity index (χ2n) is 7.22. The van der Waals surface area contributed by atoms with Crippen LogP contribution in [0.1, 0.15) is 58.4 Å². The van der Waals surface area contributed by atoms with Crippen LogP contribution in [0.2, 0.25) is 0 Å². The highest BCUT2D eigenvalue weighted by molar-refractivity contribution is 5.93. The topological polar surface area (TPSA) is 55.1 Å². The van der Waals surface area contributed by atoms with Gasteiger partial charge in [0, 0.05) is 11.7 Å². The van der Waals surface area contributed by atoms with Gasteiger partial charge in [0.2, 0.25) is 5.91 Å². The van der Waals surface area contributed by atoms with Crippen LogP contribution in [0, 0.1) is 5.92 Å². The van der Waals surface area contributed by atoms with E-state index in [4.69, 9.17) is 5.73 Å². The molecule has 1 aliphatic rings. The van der Waals surface area contributed by atoms with Crippen molar-refractivity contribution >= 4 is 11.6 Å². The van der Waals surface area contributed by atoms with Crippen molar-refractivity contribution in [1.82, 2.24) is 0 Å². The minimum Gasteiger partial charge on any atom is -0.327 e. The molecule has 1 amide bonds. The van der Waals surface area contributed by atoms with Crippen molar-refractivity contribution in [1.29, 1.82) is 0 Å². The third-order valence-corrected chi connectivity index (χ3v) is 4.42. The van der Waals surface area contributed by atoms with Gasteiger partial charge in [0.1, 0.15) is 0 Å². The van der Waals surface area contributed by atoms with Gasteiger partial charge in [-0.1, -0.05) is 52.2 Å². The monoisotopic (exact) mass is 288 g/mol. The molecule has 0 spiro atoms. The smallest absolute Gasteiger partial charge is 0.229 e. The van der Waals surface area contributed by atoms with E-state index in [2.05, 4.69) is 38.2 Å². The number of hydrogen-bond acceptors (Lipinski definition) is 2. The SMILES string of the molecule is CC(C)(C)c1ccc(NC(=O)C2CCCCCC2N)cc1. The van der Waals surface area contributed by atoms with E-state index in [1.807, 2.05) is 12.1 Å². The summed E-state index contributed by atoms with van der Waals surface area (Å²) in [5.74, 6) is 0.0303. The Hall–Kier alpha value is -1.35. The molecule has 1 aromatic rings. The average molecular weight is 288 g/mol. The number of anilines is 1. The minimum absolute atomic E-state index is 0.00125. The fraction of sp³-hybridized carbons (Fsp3) is 0.611. The largest absolute Gasteiger partial charge is 0.327 e. The predicted molar refractivity (Wildman–Crippen MR) is 88.3 cm³/mol. The van der Waals surface area contributed by atoms with Crippen LogP contribution in [0.5, 0.6) is 0 Å². The average Bonchev–Trinajstić information content (AvgIpc) is 2.63. The van der Waals surface area contributed by atoms with Gasteiger partial charge in [-0.15, -0.1) is 0 Å². The lowest BCUT2D eigenvalue weighted by molar-refractivity contribution is -0.120. The predicted octanol–water partition coefficient (Wildman–Crippen LogP) is 3.83. The molecule has 2 unspecified atom stereocenters. The Morgan fingerprint density at radius 2 is 1.71 bits per heavy atom. The zero-order valence-corrected chi connectivity index (χ0v) is 13.5. The number of carbonyl (C=O) groups excluding carboxylic acids is 1. The highest BCUT2D eigenvalue weighted by Gasteiger charge is 2.27. The van der Waals surface area contributed by atoms with E-state index < -0.39 is 0 Å². The second kappa shape index (κ2) is 6.61. The van der Waals surface area contributed by atoms with E-state index in [-0.39, 0.29) is 23.3 Å². The highest BCUT2D eigenvalue weighted by atomic mass is 16.1. The number of benzene rings is 1.